The van der Waals surface area contributed by atoms with Crippen LogP contribution in [0.4, 0.5) is 10.8 Å². The second-order valence-electron chi connectivity index (χ2n) is 3.70. The molecule has 1 aromatic heterocycles. The Hall–Kier alpha value is -0.860. The molecule has 0 bridgehead atoms. The Kier molecular flexibility index (Phi) is 3.76. The third-order valence-electron chi connectivity index (χ3n) is 1.91. The van der Waals surface area contributed by atoms with Gasteiger partial charge in [0, 0.05) is 19.8 Å². The normalized spacial score (nSPS) is 13.8. The highest BCUT2D eigenvalue weighted by Crippen LogP contribution is 2.33. The first-order valence-electron chi connectivity index (χ1n) is 4.58. The molecule has 0 aliphatic heterocycles. The van der Waals surface area contributed by atoms with Crippen LogP contribution in [0.5, 0.6) is 0 Å². The van der Waals surface area contributed by atoms with E-state index in [1.165, 1.54) is 0 Å². The largest absolute Gasteiger partial charge is 0.392 e. The lowest BCUT2D eigenvalue weighted by Gasteiger charge is -2.19. The Labute approximate surface area is 98.8 Å². The number of sulfone groups is 1. The fourth-order valence-corrected chi connectivity index (χ4v) is 3.56. The molecule has 0 aliphatic rings. The maximum Gasteiger partial charge on any atom is 0.182 e. The van der Waals surface area contributed by atoms with Gasteiger partial charge in [-0.05, 0) is 18.5 Å². The molecule has 1 heterocycles. The Morgan fingerprint density at radius 2 is 2.19 bits per heavy atom. The first-order chi connectivity index (χ1) is 7.23. The zero-order valence-corrected chi connectivity index (χ0v) is 11.0. The molecule has 1 unspecified atom stereocenters. The first kappa shape index (κ1) is 13.2. The molecule has 1 atom stereocenters. The molecule has 8 heteroatoms. The molecule has 0 amide bonds. The molecule has 0 aliphatic carbocycles. The number of aromatic nitrogens is 1. The minimum Gasteiger partial charge on any atom is -0.392 e. The van der Waals surface area contributed by atoms with Crippen molar-refractivity contribution >= 4 is 32.2 Å². The maximum atomic E-state index is 11.5. The second-order valence-corrected chi connectivity index (χ2v) is 6.41. The number of hydrogen-bond acceptors (Lipinski definition) is 7. The summed E-state index contributed by atoms with van der Waals surface area (Å²) in [5, 5.41) is 9.71. The highest BCUT2D eigenvalue weighted by atomic mass is 32.2. The van der Waals surface area contributed by atoms with Gasteiger partial charge < -0.3 is 15.7 Å². The van der Waals surface area contributed by atoms with E-state index in [1.54, 1.807) is 18.9 Å². The van der Waals surface area contributed by atoms with Crippen molar-refractivity contribution in [1.82, 2.24) is 4.37 Å². The summed E-state index contributed by atoms with van der Waals surface area (Å²) in [5.41, 5.74) is 5.53. The molecule has 16 heavy (non-hydrogen) atoms. The van der Waals surface area contributed by atoms with Crippen molar-refractivity contribution in [3.63, 3.8) is 0 Å². The smallest absolute Gasteiger partial charge is 0.182 e. The molecular weight excluding hydrogens is 250 g/mol. The molecule has 0 spiro atoms. The average molecular weight is 265 g/mol. The van der Waals surface area contributed by atoms with Crippen molar-refractivity contribution in [3.8, 4) is 0 Å². The Bertz CT molecular complexity index is 467. The summed E-state index contributed by atoms with van der Waals surface area (Å²) in [6.45, 7) is 1.95. The Balaban J connectivity index is 3.16. The van der Waals surface area contributed by atoms with Gasteiger partial charge in [0.1, 0.15) is 9.90 Å². The van der Waals surface area contributed by atoms with E-state index in [2.05, 4.69) is 4.37 Å². The van der Waals surface area contributed by atoms with E-state index >= 15 is 0 Å². The first-order valence-corrected chi connectivity index (χ1v) is 7.24. The monoisotopic (exact) mass is 265 g/mol. The van der Waals surface area contributed by atoms with Crippen molar-refractivity contribution < 1.29 is 13.5 Å². The zero-order valence-electron chi connectivity index (χ0n) is 9.34. The third-order valence-corrected chi connectivity index (χ3v) is 4.16. The lowest BCUT2D eigenvalue weighted by Crippen LogP contribution is -2.27. The molecule has 0 saturated carbocycles. The molecule has 0 fully saturated rings. The number of nitrogen functional groups attached to an aromatic ring is 1. The average Bonchev–Trinajstić information content (AvgIpc) is 2.44. The summed E-state index contributed by atoms with van der Waals surface area (Å²) < 4.78 is 26.9. The van der Waals surface area contributed by atoms with E-state index in [0.717, 1.165) is 17.8 Å². The van der Waals surface area contributed by atoms with Gasteiger partial charge in [-0.25, -0.2) is 8.42 Å². The lowest BCUT2D eigenvalue weighted by molar-refractivity contribution is 0.201. The van der Waals surface area contributed by atoms with Gasteiger partial charge in [0.2, 0.25) is 0 Å². The van der Waals surface area contributed by atoms with Gasteiger partial charge in [0.05, 0.1) is 6.10 Å². The van der Waals surface area contributed by atoms with Crippen molar-refractivity contribution in [1.29, 1.82) is 0 Å². The van der Waals surface area contributed by atoms with E-state index in [1.807, 2.05) is 0 Å². The lowest BCUT2D eigenvalue weighted by atomic mass is 10.4. The summed E-state index contributed by atoms with van der Waals surface area (Å²) in [5.74, 6) is 0.0138. The highest BCUT2D eigenvalue weighted by molar-refractivity contribution is 7.91. The van der Waals surface area contributed by atoms with Gasteiger partial charge >= 0.3 is 0 Å². The second kappa shape index (κ2) is 4.56. The fraction of sp³-hybridized carbons (Fsp3) is 0.625. The molecule has 1 aromatic rings. The minimum atomic E-state index is -3.40. The van der Waals surface area contributed by atoms with Crippen molar-refractivity contribution in [3.05, 3.63) is 0 Å². The number of rotatable bonds is 4. The van der Waals surface area contributed by atoms with Crippen LogP contribution in [-0.4, -0.2) is 43.9 Å². The van der Waals surface area contributed by atoms with Crippen LogP contribution in [0.25, 0.3) is 0 Å². The molecule has 0 radical (unpaired) electrons. The summed E-state index contributed by atoms with van der Waals surface area (Å²) in [6.07, 6.45) is 0.535. The molecule has 0 saturated heterocycles. The van der Waals surface area contributed by atoms with Gasteiger partial charge in [-0.2, -0.15) is 4.37 Å². The van der Waals surface area contributed by atoms with Gasteiger partial charge in [0.25, 0.3) is 0 Å². The van der Waals surface area contributed by atoms with E-state index in [9.17, 15) is 13.5 Å². The number of nitrogens with two attached hydrogens (primary N) is 1. The van der Waals surface area contributed by atoms with Crippen LogP contribution in [0.15, 0.2) is 4.90 Å². The number of likely N-dealkylation sites (N-methyl/N-ethyl adjacent to an activating group) is 1. The Morgan fingerprint density at radius 1 is 1.62 bits per heavy atom. The summed E-state index contributed by atoms with van der Waals surface area (Å²) in [7, 11) is -1.71. The number of nitrogens with zero attached hydrogens (tertiary/aromatic N) is 2. The van der Waals surface area contributed by atoms with Crippen LogP contribution in [0.1, 0.15) is 6.92 Å². The molecule has 6 nitrogen and oxygen atoms in total. The van der Waals surface area contributed by atoms with Gasteiger partial charge in [0.15, 0.2) is 15.7 Å². The SMILES string of the molecule is CC(O)CN(C)c1snc(N)c1S(C)(=O)=O. The van der Waals surface area contributed by atoms with Crippen molar-refractivity contribution in [2.45, 2.75) is 17.9 Å². The standard InChI is InChI=1S/C8H15N3O3S2/c1-5(12)4-11(2)8-6(16(3,13)14)7(9)10-15-8/h5,12H,4H2,1-3H3,(H2,9,10). The van der Waals surface area contributed by atoms with E-state index in [0.29, 0.717) is 11.5 Å². The predicted octanol–water partition coefficient (Wildman–Crippen LogP) is -0.0542. The number of aliphatic hydroxyl groups is 1. The van der Waals surface area contributed by atoms with Crippen molar-refractivity contribution in [2.24, 2.45) is 0 Å². The maximum absolute atomic E-state index is 11.5. The van der Waals surface area contributed by atoms with Gasteiger partial charge in [-0.3, -0.25) is 0 Å². The predicted molar refractivity (Wildman–Crippen MR) is 64.6 cm³/mol. The topological polar surface area (TPSA) is 96.5 Å². The number of anilines is 2. The van der Waals surface area contributed by atoms with Crippen LogP contribution >= 0.6 is 11.5 Å². The fourth-order valence-electron chi connectivity index (χ4n) is 1.36. The van der Waals surface area contributed by atoms with Crippen LogP contribution in [0, 0.1) is 0 Å². The molecule has 1 rings (SSSR count). The molecule has 92 valence electrons. The third kappa shape index (κ3) is 2.83. The van der Waals surface area contributed by atoms with Crippen LogP contribution < -0.4 is 10.6 Å². The van der Waals surface area contributed by atoms with E-state index in [4.69, 9.17) is 5.73 Å². The Morgan fingerprint density at radius 3 is 2.62 bits per heavy atom. The van der Waals surface area contributed by atoms with Crippen molar-refractivity contribution in [2.75, 3.05) is 30.5 Å². The van der Waals surface area contributed by atoms with E-state index < -0.39 is 15.9 Å². The quantitative estimate of drug-likeness (QED) is 0.792. The zero-order chi connectivity index (χ0) is 12.5. The van der Waals surface area contributed by atoms with Gasteiger partial charge in [-0.1, -0.05) is 0 Å². The highest BCUT2D eigenvalue weighted by Gasteiger charge is 2.24. The van der Waals surface area contributed by atoms with Crippen LogP contribution in [0.3, 0.4) is 0 Å². The number of aliphatic hydroxyl groups excluding tert-OH is 1. The van der Waals surface area contributed by atoms with E-state index in [-0.39, 0.29) is 10.7 Å². The molecule has 3 N–H and O–H groups in total. The minimum absolute atomic E-state index is 0.0138. The summed E-state index contributed by atoms with van der Waals surface area (Å²) >= 11 is 1.01. The summed E-state index contributed by atoms with van der Waals surface area (Å²) in [4.78, 5) is 1.68. The number of hydrogen-bond donors (Lipinski definition) is 2. The molecular formula is C8H15N3O3S2. The van der Waals surface area contributed by atoms with Crippen LogP contribution in [-0.2, 0) is 9.84 Å². The van der Waals surface area contributed by atoms with Crippen LogP contribution in [0.2, 0.25) is 0 Å². The van der Waals surface area contributed by atoms with Gasteiger partial charge in [-0.15, -0.1) is 0 Å². The summed E-state index contributed by atoms with van der Waals surface area (Å²) in [6, 6.07) is 0. The molecule has 0 aromatic carbocycles.